The summed E-state index contributed by atoms with van der Waals surface area (Å²) in [6, 6.07) is 5.36. The number of β-amino-alcohol motifs (C(OH)–C–C–N with tert-alkyl or cyclic N) is 2. The highest BCUT2D eigenvalue weighted by Crippen LogP contribution is 2.18. The predicted molar refractivity (Wildman–Crippen MR) is 53.2 cm³/mol. The summed E-state index contributed by atoms with van der Waals surface area (Å²) in [6.07, 6.45) is 0.0387. The van der Waals surface area contributed by atoms with E-state index in [1.807, 2.05) is 6.07 Å². The van der Waals surface area contributed by atoms with Gasteiger partial charge in [0.2, 0.25) is 0 Å². The summed E-state index contributed by atoms with van der Waals surface area (Å²) in [4.78, 5) is 5.87. The Balaban J connectivity index is 2.14. The molecule has 1 saturated heterocycles. The number of rotatable bonds is 1. The summed E-state index contributed by atoms with van der Waals surface area (Å²) < 4.78 is 0. The second-order valence-corrected chi connectivity index (χ2v) is 3.56. The van der Waals surface area contributed by atoms with Crippen LogP contribution in [0, 0.1) is 11.3 Å². The fraction of sp³-hybridized carbons (Fsp3) is 0.400. The molecule has 0 spiro atoms. The van der Waals surface area contributed by atoms with E-state index in [2.05, 4.69) is 4.98 Å². The summed E-state index contributed by atoms with van der Waals surface area (Å²) in [5, 5.41) is 27.3. The molecule has 1 aliphatic rings. The van der Waals surface area contributed by atoms with Crippen LogP contribution in [0.2, 0.25) is 0 Å². The van der Waals surface area contributed by atoms with Crippen LogP contribution in [0.3, 0.4) is 0 Å². The minimum Gasteiger partial charge on any atom is -0.389 e. The Morgan fingerprint density at radius 1 is 1.33 bits per heavy atom. The van der Waals surface area contributed by atoms with Gasteiger partial charge >= 0.3 is 0 Å². The molecule has 78 valence electrons. The fourth-order valence-corrected chi connectivity index (χ4v) is 1.60. The molecule has 5 heteroatoms. The third-order valence-electron chi connectivity index (χ3n) is 2.46. The van der Waals surface area contributed by atoms with Crippen molar-refractivity contribution in [2.75, 3.05) is 18.0 Å². The van der Waals surface area contributed by atoms with Gasteiger partial charge in [-0.15, -0.1) is 0 Å². The van der Waals surface area contributed by atoms with Crippen LogP contribution in [0.4, 0.5) is 5.82 Å². The molecule has 0 aliphatic carbocycles. The van der Waals surface area contributed by atoms with Crippen molar-refractivity contribution in [2.24, 2.45) is 0 Å². The minimum absolute atomic E-state index is 0.375. The number of pyridine rings is 1. The van der Waals surface area contributed by atoms with E-state index in [1.54, 1.807) is 17.0 Å². The number of hydrogen-bond donors (Lipinski definition) is 2. The van der Waals surface area contributed by atoms with Gasteiger partial charge in [0.25, 0.3) is 0 Å². The van der Waals surface area contributed by atoms with Gasteiger partial charge in [-0.05, 0) is 12.1 Å². The first-order valence-electron chi connectivity index (χ1n) is 4.68. The van der Waals surface area contributed by atoms with E-state index in [1.165, 1.54) is 6.20 Å². The smallest absolute Gasteiger partial charge is 0.128 e. The second-order valence-electron chi connectivity index (χ2n) is 3.56. The molecule has 2 atom stereocenters. The number of aliphatic hydroxyl groups is 2. The zero-order valence-electron chi connectivity index (χ0n) is 8.04. The largest absolute Gasteiger partial charge is 0.389 e. The van der Waals surface area contributed by atoms with Gasteiger partial charge < -0.3 is 15.1 Å². The van der Waals surface area contributed by atoms with Crippen molar-refractivity contribution in [3.63, 3.8) is 0 Å². The molecule has 1 aromatic rings. The number of aliphatic hydroxyl groups excluding tert-OH is 2. The topological polar surface area (TPSA) is 80.4 Å². The highest BCUT2D eigenvalue weighted by Gasteiger charge is 2.30. The maximum atomic E-state index is 9.36. The lowest BCUT2D eigenvalue weighted by molar-refractivity contribution is 0.0572. The van der Waals surface area contributed by atoms with Crippen molar-refractivity contribution in [1.82, 2.24) is 4.98 Å². The highest BCUT2D eigenvalue weighted by molar-refractivity contribution is 5.43. The van der Waals surface area contributed by atoms with Crippen molar-refractivity contribution in [3.05, 3.63) is 23.9 Å². The first kappa shape index (κ1) is 9.90. The molecule has 2 heterocycles. The van der Waals surface area contributed by atoms with Crippen molar-refractivity contribution >= 4 is 5.82 Å². The molecule has 0 radical (unpaired) electrons. The summed E-state index contributed by atoms with van der Waals surface area (Å²) in [5.41, 5.74) is 0.499. The lowest BCUT2D eigenvalue weighted by atomic mass is 10.3. The standard InChI is InChI=1S/C10H11N3O2/c11-3-7-1-2-10(12-4-7)13-5-8(14)9(15)6-13/h1-2,4,8-9,14-15H,5-6H2. The van der Waals surface area contributed by atoms with E-state index < -0.39 is 12.2 Å². The fourth-order valence-electron chi connectivity index (χ4n) is 1.60. The lowest BCUT2D eigenvalue weighted by Crippen LogP contribution is -2.22. The Hall–Kier alpha value is -1.64. The number of hydrogen-bond acceptors (Lipinski definition) is 5. The highest BCUT2D eigenvalue weighted by atomic mass is 16.3. The maximum Gasteiger partial charge on any atom is 0.128 e. The van der Waals surface area contributed by atoms with Gasteiger partial charge in [-0.3, -0.25) is 0 Å². The molecule has 5 nitrogen and oxygen atoms in total. The van der Waals surface area contributed by atoms with Gasteiger partial charge in [-0.2, -0.15) is 5.26 Å². The van der Waals surface area contributed by atoms with Crippen molar-refractivity contribution in [2.45, 2.75) is 12.2 Å². The van der Waals surface area contributed by atoms with E-state index in [-0.39, 0.29) is 0 Å². The lowest BCUT2D eigenvalue weighted by Gasteiger charge is -2.15. The summed E-state index contributed by atoms with van der Waals surface area (Å²) in [5.74, 6) is 0.671. The average Bonchev–Trinajstić information content (AvgIpc) is 2.59. The predicted octanol–water partition coefficient (Wildman–Crippen LogP) is -0.505. The van der Waals surface area contributed by atoms with Gasteiger partial charge in [0.1, 0.15) is 11.9 Å². The van der Waals surface area contributed by atoms with Crippen LogP contribution in [0.1, 0.15) is 5.56 Å². The Bertz CT molecular complexity index is 375. The molecule has 0 amide bonds. The normalized spacial score (nSPS) is 25.3. The van der Waals surface area contributed by atoms with Crippen molar-refractivity contribution in [3.8, 4) is 6.07 Å². The van der Waals surface area contributed by atoms with Crippen LogP contribution in [-0.2, 0) is 0 Å². The average molecular weight is 205 g/mol. The van der Waals surface area contributed by atoms with Gasteiger partial charge in [-0.25, -0.2) is 4.98 Å². The van der Waals surface area contributed by atoms with Crippen LogP contribution in [0.5, 0.6) is 0 Å². The third kappa shape index (κ3) is 1.91. The number of nitriles is 1. The van der Waals surface area contributed by atoms with E-state index >= 15 is 0 Å². The first-order chi connectivity index (χ1) is 7.20. The molecule has 0 aromatic carbocycles. The Kier molecular flexibility index (Phi) is 2.54. The molecule has 1 aliphatic heterocycles. The molecular formula is C10H11N3O2. The molecule has 2 N–H and O–H groups in total. The first-order valence-corrected chi connectivity index (χ1v) is 4.68. The van der Waals surface area contributed by atoms with Gasteiger partial charge in [0, 0.05) is 19.3 Å². The molecule has 0 bridgehead atoms. The van der Waals surface area contributed by atoms with E-state index in [0.29, 0.717) is 24.5 Å². The van der Waals surface area contributed by atoms with Crippen molar-refractivity contribution in [1.29, 1.82) is 5.26 Å². The monoisotopic (exact) mass is 205 g/mol. The number of aromatic nitrogens is 1. The molecule has 1 fully saturated rings. The van der Waals surface area contributed by atoms with E-state index in [9.17, 15) is 10.2 Å². The summed E-state index contributed by atoms with van der Waals surface area (Å²) >= 11 is 0. The Morgan fingerprint density at radius 2 is 2.00 bits per heavy atom. The summed E-state index contributed by atoms with van der Waals surface area (Å²) in [7, 11) is 0. The van der Waals surface area contributed by atoms with Gasteiger partial charge in [0.15, 0.2) is 0 Å². The SMILES string of the molecule is N#Cc1ccc(N2CC(O)C(O)C2)nc1. The van der Waals surface area contributed by atoms with Crippen LogP contribution in [0.15, 0.2) is 18.3 Å². The zero-order chi connectivity index (χ0) is 10.8. The van der Waals surface area contributed by atoms with E-state index in [4.69, 9.17) is 5.26 Å². The third-order valence-corrected chi connectivity index (χ3v) is 2.46. The molecular weight excluding hydrogens is 194 g/mol. The quantitative estimate of drug-likeness (QED) is 0.645. The maximum absolute atomic E-state index is 9.36. The second kappa shape index (κ2) is 3.85. The molecule has 2 rings (SSSR count). The van der Waals surface area contributed by atoms with Crippen LogP contribution >= 0.6 is 0 Å². The van der Waals surface area contributed by atoms with Crippen LogP contribution in [-0.4, -0.2) is 40.5 Å². The molecule has 1 aromatic heterocycles. The van der Waals surface area contributed by atoms with Crippen LogP contribution < -0.4 is 4.90 Å². The van der Waals surface area contributed by atoms with E-state index in [0.717, 1.165) is 0 Å². The number of nitrogens with zero attached hydrogens (tertiary/aromatic N) is 3. The molecule has 2 unspecified atom stereocenters. The summed E-state index contributed by atoms with van der Waals surface area (Å²) in [6.45, 7) is 0.750. The Labute approximate surface area is 87.2 Å². The zero-order valence-corrected chi connectivity index (χ0v) is 8.04. The van der Waals surface area contributed by atoms with Crippen LogP contribution in [0.25, 0.3) is 0 Å². The minimum atomic E-state index is -0.720. The van der Waals surface area contributed by atoms with Gasteiger partial charge in [-0.1, -0.05) is 0 Å². The molecule has 15 heavy (non-hydrogen) atoms. The Morgan fingerprint density at radius 3 is 2.47 bits per heavy atom. The van der Waals surface area contributed by atoms with Crippen molar-refractivity contribution < 1.29 is 10.2 Å². The number of anilines is 1. The molecule has 0 saturated carbocycles. The van der Waals surface area contributed by atoms with Gasteiger partial charge in [0.05, 0.1) is 17.8 Å².